The molecule has 13 nitrogen and oxygen atoms in total. The number of fused-ring (bicyclic) bond motifs is 2. The van der Waals surface area contributed by atoms with Crippen LogP contribution in [0.1, 0.15) is 77.3 Å². The van der Waals surface area contributed by atoms with Gasteiger partial charge in [0.25, 0.3) is 17.7 Å². The summed E-state index contributed by atoms with van der Waals surface area (Å²) in [6.07, 6.45) is 2.16. The minimum absolute atomic E-state index is 0.0600. The summed E-state index contributed by atoms with van der Waals surface area (Å²) in [5.74, 6) is -3.48. The number of carbonyl (C=O) groups excluding carboxylic acids is 6. The van der Waals surface area contributed by atoms with Crippen molar-refractivity contribution in [3.05, 3.63) is 58.2 Å². The molecule has 0 saturated carbocycles. The third kappa shape index (κ3) is 9.68. The van der Waals surface area contributed by atoms with E-state index in [9.17, 15) is 32.8 Å². The van der Waals surface area contributed by atoms with Crippen LogP contribution in [0.15, 0.2) is 24.3 Å². The highest BCUT2D eigenvalue weighted by Crippen LogP contribution is 2.16. The first-order valence-corrected chi connectivity index (χ1v) is 14.1. The zero-order chi connectivity index (χ0) is 33.1. The molecule has 45 heavy (non-hydrogen) atoms. The number of hydrogen-bond acceptors (Lipinski definition) is 9. The predicted molar refractivity (Wildman–Crippen MR) is 157 cm³/mol. The summed E-state index contributed by atoms with van der Waals surface area (Å²) in [6.45, 7) is 2.33. The number of amides is 5. The van der Waals surface area contributed by atoms with Gasteiger partial charge in [-0.1, -0.05) is 18.6 Å². The molecule has 5 N–H and O–H groups in total. The standard InChI is InChI=1S/C19H22BFN2O6.C8H7BFNO2.CH3NO/c1-11(4-2-3-5-18(26)29-23-16(24)6-7-17(23)25)22-19(27)12-8-14-13(10-28-20-14)15(21)9-12;10-7-2-4(8(11)12)1-6-5(7)3-13-9-6;2-1-3/h8-9,11,20H,2-7,10H2,1H3,(H,22,27);1-2,9H,3H2,(H2,11,12);1H,(H2,2,3). The van der Waals surface area contributed by atoms with Crippen molar-refractivity contribution >= 4 is 61.9 Å². The molecule has 0 aromatic heterocycles. The van der Waals surface area contributed by atoms with Gasteiger partial charge in [0.15, 0.2) is 0 Å². The van der Waals surface area contributed by atoms with Crippen molar-refractivity contribution in [1.29, 1.82) is 0 Å². The number of benzene rings is 2. The van der Waals surface area contributed by atoms with Crippen LogP contribution in [0.3, 0.4) is 0 Å². The van der Waals surface area contributed by atoms with Crippen LogP contribution in [0.4, 0.5) is 8.78 Å². The number of nitrogens with zero attached hydrogens (tertiary/aromatic N) is 1. The molecule has 1 fully saturated rings. The van der Waals surface area contributed by atoms with Crippen molar-refractivity contribution in [3.63, 3.8) is 0 Å². The van der Waals surface area contributed by atoms with Gasteiger partial charge in [-0.05, 0) is 42.8 Å². The highest BCUT2D eigenvalue weighted by Gasteiger charge is 2.32. The van der Waals surface area contributed by atoms with E-state index in [0.717, 1.165) is 6.07 Å². The van der Waals surface area contributed by atoms with E-state index in [-0.39, 0.29) is 62.0 Å². The number of nitrogens with two attached hydrogens (primary N) is 2. The van der Waals surface area contributed by atoms with Crippen LogP contribution in [0, 0.1) is 11.6 Å². The van der Waals surface area contributed by atoms with Gasteiger partial charge >= 0.3 is 20.9 Å². The summed E-state index contributed by atoms with van der Waals surface area (Å²) in [4.78, 5) is 71.0. The Balaban J connectivity index is 0.000000285. The summed E-state index contributed by atoms with van der Waals surface area (Å²) in [6, 6.07) is 5.41. The van der Waals surface area contributed by atoms with E-state index in [4.69, 9.17) is 24.7 Å². The van der Waals surface area contributed by atoms with Gasteiger partial charge in [-0.15, -0.1) is 5.06 Å². The Bertz CT molecular complexity index is 1460. The Labute approximate surface area is 258 Å². The average molecular weight is 628 g/mol. The molecule has 1 saturated heterocycles. The van der Waals surface area contributed by atoms with E-state index >= 15 is 0 Å². The van der Waals surface area contributed by atoms with E-state index in [0.29, 0.717) is 61.3 Å². The van der Waals surface area contributed by atoms with Crippen molar-refractivity contribution in [2.45, 2.75) is 64.7 Å². The second-order valence-electron chi connectivity index (χ2n) is 10.3. The van der Waals surface area contributed by atoms with Gasteiger partial charge in [-0.3, -0.25) is 24.0 Å². The molecule has 238 valence electrons. The smallest absolute Gasteiger partial charge is 0.333 e. The van der Waals surface area contributed by atoms with Crippen LogP contribution in [-0.2, 0) is 46.5 Å². The number of carbonyl (C=O) groups is 6. The van der Waals surface area contributed by atoms with Crippen molar-refractivity contribution < 1.29 is 51.7 Å². The number of hydroxylamine groups is 2. The maximum atomic E-state index is 14.0. The van der Waals surface area contributed by atoms with Gasteiger partial charge in [0.2, 0.25) is 12.3 Å². The summed E-state index contributed by atoms with van der Waals surface area (Å²) in [5, 5.41) is 3.35. The number of unbranched alkanes of at least 4 members (excludes halogenated alkanes) is 1. The lowest BCUT2D eigenvalue weighted by atomic mass is 9.85. The van der Waals surface area contributed by atoms with Crippen LogP contribution >= 0.6 is 0 Å². The van der Waals surface area contributed by atoms with Gasteiger partial charge in [-0.25, -0.2) is 13.6 Å². The van der Waals surface area contributed by atoms with Crippen LogP contribution in [0.25, 0.3) is 0 Å². The first-order chi connectivity index (χ1) is 21.4. The summed E-state index contributed by atoms with van der Waals surface area (Å²) in [5.41, 5.74) is 12.1. The number of imide groups is 1. The molecule has 5 amide bonds. The number of hydrogen-bond donors (Lipinski definition) is 3. The van der Waals surface area contributed by atoms with Crippen LogP contribution in [0.5, 0.6) is 0 Å². The number of primary amides is 2. The molecule has 3 heterocycles. The van der Waals surface area contributed by atoms with Crippen LogP contribution < -0.4 is 27.7 Å². The fourth-order valence-electron chi connectivity index (χ4n) is 4.67. The van der Waals surface area contributed by atoms with E-state index in [2.05, 4.69) is 11.1 Å². The number of rotatable bonds is 9. The van der Waals surface area contributed by atoms with E-state index in [1.807, 2.05) is 6.92 Å². The normalized spacial score (nSPS) is 14.8. The third-order valence-corrected chi connectivity index (χ3v) is 6.97. The van der Waals surface area contributed by atoms with Crippen LogP contribution in [-0.4, -0.2) is 62.1 Å². The van der Waals surface area contributed by atoms with E-state index in [1.54, 1.807) is 12.1 Å². The quantitative estimate of drug-likeness (QED) is 0.137. The fourth-order valence-corrected chi connectivity index (χ4v) is 4.67. The summed E-state index contributed by atoms with van der Waals surface area (Å²) in [7, 11) is 0.654. The molecule has 2 aromatic rings. The molecule has 0 bridgehead atoms. The first-order valence-electron chi connectivity index (χ1n) is 14.1. The lowest BCUT2D eigenvalue weighted by Crippen LogP contribution is -2.33. The molecular formula is C28H32B2F2N4O9. The lowest BCUT2D eigenvalue weighted by Gasteiger charge is -2.15. The highest BCUT2D eigenvalue weighted by atomic mass is 19.1. The molecule has 17 heteroatoms. The summed E-state index contributed by atoms with van der Waals surface area (Å²) < 4.78 is 37.5. The molecule has 0 radical (unpaired) electrons. The fraction of sp³-hybridized carbons (Fsp3) is 0.357. The second kappa shape index (κ2) is 16.4. The Morgan fingerprint density at radius 2 is 1.49 bits per heavy atom. The SMILES string of the molecule is CC(CCCCC(=O)ON1C(=O)CCC1=O)NC(=O)c1cc(F)c2c(c1)BOC2.NC(=O)c1cc(F)c2c(c1)BOC2.NC=O. The molecule has 3 aliphatic rings. The first kappa shape index (κ1) is 34.9. The minimum Gasteiger partial charge on any atom is -0.430 e. The molecule has 1 unspecified atom stereocenters. The second-order valence-corrected chi connectivity index (χ2v) is 10.3. The zero-order valence-electron chi connectivity index (χ0n) is 24.6. The van der Waals surface area contributed by atoms with Gasteiger partial charge in [0.1, 0.15) is 11.6 Å². The minimum atomic E-state index is -0.638. The van der Waals surface area contributed by atoms with E-state index < -0.39 is 35.3 Å². The highest BCUT2D eigenvalue weighted by molar-refractivity contribution is 6.49. The van der Waals surface area contributed by atoms with Crippen molar-refractivity contribution in [1.82, 2.24) is 10.4 Å². The van der Waals surface area contributed by atoms with Crippen molar-refractivity contribution in [2.75, 3.05) is 0 Å². The molecule has 3 aliphatic heterocycles. The largest absolute Gasteiger partial charge is 0.430 e. The zero-order valence-corrected chi connectivity index (χ0v) is 24.6. The topological polar surface area (TPSA) is 197 Å². The Kier molecular flexibility index (Phi) is 12.7. The van der Waals surface area contributed by atoms with Gasteiger partial charge in [0.05, 0.1) is 13.2 Å². The molecule has 1 atom stereocenters. The molecule has 5 rings (SSSR count). The van der Waals surface area contributed by atoms with Gasteiger partial charge in [-0.2, -0.15) is 0 Å². The predicted octanol–water partition coefficient (Wildman–Crippen LogP) is -0.848. The average Bonchev–Trinajstić information content (AvgIpc) is 3.74. The lowest BCUT2D eigenvalue weighted by molar-refractivity contribution is -0.197. The third-order valence-electron chi connectivity index (χ3n) is 6.97. The molecule has 2 aromatic carbocycles. The maximum Gasteiger partial charge on any atom is 0.333 e. The van der Waals surface area contributed by atoms with E-state index in [1.165, 1.54) is 6.07 Å². The Morgan fingerprint density at radius 3 is 2.02 bits per heavy atom. The Morgan fingerprint density at radius 1 is 0.978 bits per heavy atom. The van der Waals surface area contributed by atoms with Crippen LogP contribution in [0.2, 0.25) is 0 Å². The number of halogens is 2. The van der Waals surface area contributed by atoms with Gasteiger partial charge in [0, 0.05) is 47.6 Å². The maximum absolute atomic E-state index is 14.0. The molecular weight excluding hydrogens is 596 g/mol. The van der Waals surface area contributed by atoms with Gasteiger partial charge < -0.3 is 30.9 Å². The Hall–Kier alpha value is -4.63. The monoisotopic (exact) mass is 628 g/mol. The molecule has 0 aliphatic carbocycles. The molecule has 0 spiro atoms. The van der Waals surface area contributed by atoms with Crippen molar-refractivity contribution in [3.8, 4) is 0 Å². The van der Waals surface area contributed by atoms with Crippen molar-refractivity contribution in [2.24, 2.45) is 11.5 Å². The number of nitrogens with one attached hydrogen (secondary N) is 1. The summed E-state index contributed by atoms with van der Waals surface area (Å²) >= 11 is 0.